The standard InChI is InChI=1S/C24H30N2O2/c1-23(2)13-18-4-3-17(22(25)28)8-19(18)20(26-23)9-21(27)24-10-14-5-15(11-24)7-16(6-14)12-24/h3-4,8-9,14-16,26H,5-7,10-13H2,1-2H3,(H2,25,28). The number of fused-ring (bicyclic) bond motifs is 1. The van der Waals surface area contributed by atoms with E-state index in [1.54, 1.807) is 6.07 Å². The van der Waals surface area contributed by atoms with Crippen molar-refractivity contribution < 1.29 is 9.59 Å². The van der Waals surface area contributed by atoms with Gasteiger partial charge in [-0.3, -0.25) is 9.59 Å². The van der Waals surface area contributed by atoms with Crippen LogP contribution >= 0.6 is 0 Å². The second-order valence-electron chi connectivity index (χ2n) is 10.5. The van der Waals surface area contributed by atoms with Gasteiger partial charge in [0, 0.05) is 33.9 Å². The molecule has 4 heteroatoms. The van der Waals surface area contributed by atoms with Crippen molar-refractivity contribution in [2.24, 2.45) is 28.9 Å². The van der Waals surface area contributed by atoms with Crippen LogP contribution in [0.4, 0.5) is 0 Å². The summed E-state index contributed by atoms with van der Waals surface area (Å²) >= 11 is 0. The fourth-order valence-corrected chi connectivity index (χ4v) is 6.90. The van der Waals surface area contributed by atoms with Crippen LogP contribution in [0.3, 0.4) is 0 Å². The van der Waals surface area contributed by atoms with Crippen molar-refractivity contribution in [3.05, 3.63) is 41.0 Å². The highest BCUT2D eigenvalue weighted by atomic mass is 16.1. The van der Waals surface area contributed by atoms with E-state index in [-0.39, 0.29) is 11.0 Å². The summed E-state index contributed by atoms with van der Waals surface area (Å²) in [5.74, 6) is 2.11. The van der Waals surface area contributed by atoms with Gasteiger partial charge in [0.05, 0.1) is 0 Å². The molecule has 4 fully saturated rings. The molecule has 1 heterocycles. The molecule has 0 aromatic heterocycles. The van der Waals surface area contributed by atoms with Crippen molar-refractivity contribution in [2.75, 3.05) is 0 Å². The zero-order valence-corrected chi connectivity index (χ0v) is 16.9. The number of nitrogens with one attached hydrogen (secondary N) is 1. The topological polar surface area (TPSA) is 72.2 Å². The number of allylic oxidation sites excluding steroid dienone is 1. The predicted octanol–water partition coefficient (Wildman–Crippen LogP) is 3.84. The highest BCUT2D eigenvalue weighted by Crippen LogP contribution is 2.60. The van der Waals surface area contributed by atoms with Crippen molar-refractivity contribution in [2.45, 2.75) is 64.3 Å². The number of hydrogen-bond donors (Lipinski definition) is 2. The fraction of sp³-hybridized carbons (Fsp3) is 0.583. The summed E-state index contributed by atoms with van der Waals surface area (Å²) in [6.45, 7) is 4.31. The molecule has 0 radical (unpaired) electrons. The Balaban J connectivity index is 1.53. The van der Waals surface area contributed by atoms with Crippen LogP contribution in [0.5, 0.6) is 0 Å². The van der Waals surface area contributed by atoms with E-state index in [0.717, 1.165) is 54.7 Å². The van der Waals surface area contributed by atoms with E-state index in [1.165, 1.54) is 24.8 Å². The minimum atomic E-state index is -0.431. The zero-order valence-electron chi connectivity index (χ0n) is 16.9. The van der Waals surface area contributed by atoms with E-state index in [0.29, 0.717) is 11.3 Å². The molecule has 4 saturated carbocycles. The molecule has 148 valence electrons. The Morgan fingerprint density at radius 1 is 1.07 bits per heavy atom. The number of benzene rings is 1. The van der Waals surface area contributed by atoms with Crippen molar-refractivity contribution in [1.29, 1.82) is 0 Å². The van der Waals surface area contributed by atoms with Gasteiger partial charge in [-0.15, -0.1) is 0 Å². The van der Waals surface area contributed by atoms with E-state index in [2.05, 4.69) is 19.2 Å². The van der Waals surface area contributed by atoms with E-state index in [4.69, 9.17) is 5.73 Å². The molecule has 0 atom stereocenters. The van der Waals surface area contributed by atoms with Crippen molar-refractivity contribution in [3.63, 3.8) is 0 Å². The third-order valence-electron chi connectivity index (χ3n) is 7.63. The van der Waals surface area contributed by atoms with Crippen LogP contribution in [0.25, 0.3) is 5.70 Å². The van der Waals surface area contributed by atoms with Gasteiger partial charge in [0.1, 0.15) is 0 Å². The van der Waals surface area contributed by atoms with E-state index in [9.17, 15) is 9.59 Å². The van der Waals surface area contributed by atoms with Gasteiger partial charge in [0.15, 0.2) is 5.78 Å². The minimum Gasteiger partial charge on any atom is -0.379 e. The van der Waals surface area contributed by atoms with Gasteiger partial charge in [0.2, 0.25) is 5.91 Å². The van der Waals surface area contributed by atoms with Gasteiger partial charge in [0.25, 0.3) is 0 Å². The molecular weight excluding hydrogens is 348 g/mol. The first kappa shape index (κ1) is 18.0. The average molecular weight is 379 g/mol. The maximum atomic E-state index is 13.6. The number of nitrogens with two attached hydrogens (primary N) is 1. The Labute approximate surface area is 167 Å². The quantitative estimate of drug-likeness (QED) is 0.785. The lowest BCUT2D eigenvalue weighted by Crippen LogP contribution is -2.50. The van der Waals surface area contributed by atoms with Crippen molar-refractivity contribution >= 4 is 17.4 Å². The van der Waals surface area contributed by atoms with Crippen molar-refractivity contribution in [3.8, 4) is 0 Å². The molecule has 6 rings (SSSR count). The average Bonchev–Trinajstić information content (AvgIpc) is 2.59. The summed E-state index contributed by atoms with van der Waals surface area (Å²) < 4.78 is 0. The number of rotatable bonds is 3. The molecule has 0 unspecified atom stereocenters. The predicted molar refractivity (Wildman–Crippen MR) is 109 cm³/mol. The Hall–Kier alpha value is -2.10. The SMILES string of the molecule is CC1(C)Cc2ccc(C(N)=O)cc2C(=CC(=O)C23CC4CC(CC(C4)C2)C3)N1. The molecule has 3 N–H and O–H groups in total. The lowest BCUT2D eigenvalue weighted by atomic mass is 9.48. The highest BCUT2D eigenvalue weighted by molar-refractivity contribution is 6.02. The summed E-state index contributed by atoms with van der Waals surface area (Å²) in [7, 11) is 0. The Morgan fingerprint density at radius 3 is 2.25 bits per heavy atom. The van der Waals surface area contributed by atoms with Crippen LogP contribution in [0, 0.1) is 23.2 Å². The molecule has 5 aliphatic rings. The summed E-state index contributed by atoms with van der Waals surface area (Å²) in [6, 6.07) is 5.63. The fourth-order valence-electron chi connectivity index (χ4n) is 6.90. The lowest BCUT2D eigenvalue weighted by Gasteiger charge is -2.55. The van der Waals surface area contributed by atoms with Gasteiger partial charge in [-0.25, -0.2) is 0 Å². The second-order valence-corrected chi connectivity index (χ2v) is 10.5. The zero-order chi connectivity index (χ0) is 19.7. The maximum Gasteiger partial charge on any atom is 0.248 e. The lowest BCUT2D eigenvalue weighted by molar-refractivity contribution is -0.138. The summed E-state index contributed by atoms with van der Waals surface area (Å²) in [5, 5.41) is 3.57. The number of carbonyl (C=O) groups excluding carboxylic acids is 2. The Bertz CT molecular complexity index is 861. The second kappa shape index (κ2) is 5.95. The smallest absolute Gasteiger partial charge is 0.248 e. The van der Waals surface area contributed by atoms with E-state index in [1.807, 2.05) is 18.2 Å². The largest absolute Gasteiger partial charge is 0.379 e. The number of primary amides is 1. The van der Waals surface area contributed by atoms with Crippen LogP contribution in [-0.2, 0) is 11.2 Å². The van der Waals surface area contributed by atoms with Gasteiger partial charge >= 0.3 is 0 Å². The van der Waals surface area contributed by atoms with Crippen LogP contribution in [0.15, 0.2) is 24.3 Å². The summed E-state index contributed by atoms with van der Waals surface area (Å²) in [4.78, 5) is 25.3. The molecule has 28 heavy (non-hydrogen) atoms. The van der Waals surface area contributed by atoms with Gasteiger partial charge in [-0.1, -0.05) is 6.07 Å². The third-order valence-corrected chi connectivity index (χ3v) is 7.63. The molecule has 4 nitrogen and oxygen atoms in total. The molecule has 4 aliphatic carbocycles. The van der Waals surface area contributed by atoms with Gasteiger partial charge in [-0.2, -0.15) is 0 Å². The van der Waals surface area contributed by atoms with Crippen LogP contribution in [0.1, 0.15) is 73.9 Å². The molecule has 1 aromatic carbocycles. The molecule has 1 amide bonds. The first-order valence-corrected chi connectivity index (χ1v) is 10.7. The van der Waals surface area contributed by atoms with Crippen LogP contribution in [0.2, 0.25) is 0 Å². The minimum absolute atomic E-state index is 0.130. The van der Waals surface area contributed by atoms with E-state index < -0.39 is 5.91 Å². The first-order valence-electron chi connectivity index (χ1n) is 10.7. The van der Waals surface area contributed by atoms with Crippen LogP contribution in [-0.4, -0.2) is 17.2 Å². The Kier molecular flexibility index (Phi) is 3.82. The number of carbonyl (C=O) groups is 2. The highest BCUT2D eigenvalue weighted by Gasteiger charge is 2.54. The normalized spacial score (nSPS) is 36.1. The third kappa shape index (κ3) is 2.89. The number of hydrogen-bond acceptors (Lipinski definition) is 3. The molecule has 4 bridgehead atoms. The molecule has 0 spiro atoms. The molecule has 1 aliphatic heterocycles. The molecule has 0 saturated heterocycles. The summed E-state index contributed by atoms with van der Waals surface area (Å²) in [6.07, 6.45) is 9.91. The Morgan fingerprint density at radius 2 is 1.68 bits per heavy atom. The van der Waals surface area contributed by atoms with E-state index >= 15 is 0 Å². The van der Waals surface area contributed by atoms with Gasteiger partial charge < -0.3 is 11.1 Å². The van der Waals surface area contributed by atoms with Crippen LogP contribution < -0.4 is 11.1 Å². The first-order chi connectivity index (χ1) is 13.2. The van der Waals surface area contributed by atoms with Gasteiger partial charge in [-0.05, 0) is 94.2 Å². The molecular formula is C24H30N2O2. The molecule has 1 aromatic rings. The number of amides is 1. The maximum absolute atomic E-state index is 13.6. The summed E-state index contributed by atoms with van der Waals surface area (Å²) in [5.41, 5.74) is 8.70. The number of ketones is 1. The monoisotopic (exact) mass is 378 g/mol. The van der Waals surface area contributed by atoms with Crippen molar-refractivity contribution in [1.82, 2.24) is 5.32 Å².